The third kappa shape index (κ3) is 4.83. The Balaban J connectivity index is 1.68. The number of nitrogens with zero attached hydrogens (tertiary/aromatic N) is 2. The van der Waals surface area contributed by atoms with Crippen molar-refractivity contribution in [2.24, 2.45) is 5.92 Å². The highest BCUT2D eigenvalue weighted by Crippen LogP contribution is 2.25. The highest BCUT2D eigenvalue weighted by molar-refractivity contribution is 7.09. The third-order valence-corrected chi connectivity index (χ3v) is 5.08. The maximum atomic E-state index is 4.73. The van der Waals surface area contributed by atoms with Gasteiger partial charge < -0.3 is 10.2 Å². The molecule has 0 amide bonds. The number of nitrogens with one attached hydrogen (secondary N) is 1. The Morgan fingerprint density at radius 2 is 2.05 bits per heavy atom. The van der Waals surface area contributed by atoms with Crippen molar-refractivity contribution < 1.29 is 0 Å². The van der Waals surface area contributed by atoms with Crippen LogP contribution in [0.5, 0.6) is 0 Å². The molecule has 0 aromatic carbocycles. The van der Waals surface area contributed by atoms with Crippen LogP contribution >= 0.6 is 11.3 Å². The van der Waals surface area contributed by atoms with Crippen LogP contribution in [-0.2, 0) is 12.0 Å². The zero-order valence-electron chi connectivity index (χ0n) is 13.4. The Bertz CT molecular complexity index is 402. The van der Waals surface area contributed by atoms with E-state index in [1.807, 2.05) is 0 Å². The first-order chi connectivity index (χ1) is 9.45. The Hall–Kier alpha value is -0.450. The molecule has 1 aromatic heterocycles. The number of aromatic nitrogens is 1. The van der Waals surface area contributed by atoms with E-state index >= 15 is 0 Å². The zero-order chi connectivity index (χ0) is 14.6. The van der Waals surface area contributed by atoms with E-state index in [-0.39, 0.29) is 5.41 Å². The Kier molecular flexibility index (Phi) is 5.58. The van der Waals surface area contributed by atoms with Crippen molar-refractivity contribution in [2.45, 2.75) is 52.5 Å². The van der Waals surface area contributed by atoms with Gasteiger partial charge >= 0.3 is 0 Å². The monoisotopic (exact) mass is 295 g/mol. The standard InChI is InChI=1S/C16H29N3S/c1-13(11-19-7-5-6-8-19)9-17-10-14-12-20-15(18-14)16(2,3)4/h12-13,17H,5-11H2,1-4H3. The van der Waals surface area contributed by atoms with Crippen molar-refractivity contribution in [1.29, 1.82) is 0 Å². The average Bonchev–Trinajstić information content (AvgIpc) is 2.98. The summed E-state index contributed by atoms with van der Waals surface area (Å²) in [6.07, 6.45) is 2.77. The minimum atomic E-state index is 0.173. The van der Waals surface area contributed by atoms with E-state index in [0.717, 1.165) is 13.1 Å². The van der Waals surface area contributed by atoms with Crippen molar-refractivity contribution in [3.63, 3.8) is 0 Å². The van der Waals surface area contributed by atoms with Crippen molar-refractivity contribution in [3.05, 3.63) is 16.1 Å². The molecule has 114 valence electrons. The lowest BCUT2D eigenvalue weighted by atomic mass is 9.98. The topological polar surface area (TPSA) is 28.2 Å². The fourth-order valence-electron chi connectivity index (χ4n) is 2.65. The van der Waals surface area contributed by atoms with Crippen molar-refractivity contribution in [2.75, 3.05) is 26.2 Å². The number of thiazole rings is 1. The predicted molar refractivity (Wildman–Crippen MR) is 87.4 cm³/mol. The van der Waals surface area contributed by atoms with Crippen LogP contribution in [0.2, 0.25) is 0 Å². The van der Waals surface area contributed by atoms with Crippen LogP contribution < -0.4 is 5.32 Å². The van der Waals surface area contributed by atoms with Crippen molar-refractivity contribution in [3.8, 4) is 0 Å². The third-order valence-electron chi connectivity index (χ3n) is 3.76. The summed E-state index contributed by atoms with van der Waals surface area (Å²) in [4.78, 5) is 7.32. The molecule has 4 heteroatoms. The number of rotatable bonds is 6. The fraction of sp³-hybridized carbons (Fsp3) is 0.812. The Morgan fingerprint density at radius 3 is 2.65 bits per heavy atom. The van der Waals surface area contributed by atoms with Gasteiger partial charge in [-0.05, 0) is 38.4 Å². The van der Waals surface area contributed by atoms with Crippen molar-refractivity contribution in [1.82, 2.24) is 15.2 Å². The second kappa shape index (κ2) is 7.01. The summed E-state index contributed by atoms with van der Waals surface area (Å²) in [5.74, 6) is 0.717. The lowest BCUT2D eigenvalue weighted by Crippen LogP contribution is -2.31. The van der Waals surface area contributed by atoms with Gasteiger partial charge in [0, 0.05) is 23.9 Å². The van der Waals surface area contributed by atoms with Gasteiger partial charge in [-0.3, -0.25) is 0 Å². The maximum Gasteiger partial charge on any atom is 0.0982 e. The molecule has 0 radical (unpaired) electrons. The first kappa shape index (κ1) is 15.9. The summed E-state index contributed by atoms with van der Waals surface area (Å²) in [7, 11) is 0. The van der Waals surface area contributed by atoms with Crippen LogP contribution in [0.15, 0.2) is 5.38 Å². The van der Waals surface area contributed by atoms with Gasteiger partial charge in [0.15, 0.2) is 0 Å². The SMILES string of the molecule is CC(CNCc1csc(C(C)(C)C)n1)CN1CCCC1. The molecule has 0 aliphatic carbocycles. The van der Waals surface area contributed by atoms with Gasteiger partial charge in [0.25, 0.3) is 0 Å². The number of hydrogen-bond donors (Lipinski definition) is 1. The highest BCUT2D eigenvalue weighted by atomic mass is 32.1. The second-order valence-corrected chi connectivity index (χ2v) is 8.00. The quantitative estimate of drug-likeness (QED) is 0.873. The second-order valence-electron chi connectivity index (χ2n) is 7.14. The molecular formula is C16H29N3S. The molecule has 3 nitrogen and oxygen atoms in total. The van der Waals surface area contributed by atoms with E-state index in [4.69, 9.17) is 4.98 Å². The molecule has 2 heterocycles. The summed E-state index contributed by atoms with van der Waals surface area (Å²) < 4.78 is 0. The first-order valence-corrected chi connectivity index (χ1v) is 8.71. The van der Waals surface area contributed by atoms with Crippen LogP contribution in [0.25, 0.3) is 0 Å². The van der Waals surface area contributed by atoms with Crippen LogP contribution in [-0.4, -0.2) is 36.1 Å². The molecule has 20 heavy (non-hydrogen) atoms. The fourth-order valence-corrected chi connectivity index (χ4v) is 3.56. The normalized spacial score (nSPS) is 18.6. The predicted octanol–water partition coefficient (Wildman–Crippen LogP) is 3.26. The molecular weight excluding hydrogens is 266 g/mol. The van der Waals surface area contributed by atoms with Gasteiger partial charge in [0.2, 0.25) is 0 Å². The van der Waals surface area contributed by atoms with E-state index < -0.39 is 0 Å². The molecule has 1 aliphatic rings. The minimum absolute atomic E-state index is 0.173. The smallest absolute Gasteiger partial charge is 0.0982 e. The first-order valence-electron chi connectivity index (χ1n) is 7.83. The van der Waals surface area contributed by atoms with E-state index in [1.54, 1.807) is 11.3 Å². The zero-order valence-corrected chi connectivity index (χ0v) is 14.2. The summed E-state index contributed by atoms with van der Waals surface area (Å²) in [6.45, 7) is 14.8. The van der Waals surface area contributed by atoms with Gasteiger partial charge in [0.05, 0.1) is 10.7 Å². The van der Waals surface area contributed by atoms with E-state index in [2.05, 4.69) is 43.3 Å². The molecule has 1 saturated heterocycles. The molecule has 1 aromatic rings. The number of likely N-dealkylation sites (tertiary alicyclic amines) is 1. The minimum Gasteiger partial charge on any atom is -0.311 e. The van der Waals surface area contributed by atoms with Crippen molar-refractivity contribution >= 4 is 11.3 Å². The Labute approximate surface area is 127 Å². The molecule has 1 unspecified atom stereocenters. The Morgan fingerprint density at radius 1 is 1.35 bits per heavy atom. The molecule has 0 spiro atoms. The van der Waals surface area contributed by atoms with Crippen LogP contribution in [0.4, 0.5) is 0 Å². The average molecular weight is 295 g/mol. The van der Waals surface area contributed by atoms with Crippen LogP contribution in [0.1, 0.15) is 51.2 Å². The molecule has 1 aliphatic heterocycles. The van der Waals surface area contributed by atoms with Gasteiger partial charge in [0.1, 0.15) is 0 Å². The van der Waals surface area contributed by atoms with E-state index in [0.29, 0.717) is 5.92 Å². The summed E-state index contributed by atoms with van der Waals surface area (Å²) in [5.41, 5.74) is 1.36. The van der Waals surface area contributed by atoms with Gasteiger partial charge in [-0.25, -0.2) is 4.98 Å². The summed E-state index contributed by atoms with van der Waals surface area (Å²) >= 11 is 1.78. The molecule has 1 fully saturated rings. The molecule has 0 bridgehead atoms. The summed E-state index contributed by atoms with van der Waals surface area (Å²) in [5, 5.41) is 6.99. The largest absolute Gasteiger partial charge is 0.311 e. The lowest BCUT2D eigenvalue weighted by molar-refractivity contribution is 0.282. The molecule has 2 rings (SSSR count). The van der Waals surface area contributed by atoms with E-state index in [1.165, 1.54) is 43.2 Å². The molecule has 1 atom stereocenters. The highest BCUT2D eigenvalue weighted by Gasteiger charge is 2.18. The lowest BCUT2D eigenvalue weighted by Gasteiger charge is -2.20. The maximum absolute atomic E-state index is 4.73. The molecule has 1 N–H and O–H groups in total. The van der Waals surface area contributed by atoms with Gasteiger partial charge in [-0.15, -0.1) is 11.3 Å². The van der Waals surface area contributed by atoms with Gasteiger partial charge in [-0.1, -0.05) is 27.7 Å². The van der Waals surface area contributed by atoms with Crippen LogP contribution in [0, 0.1) is 5.92 Å². The summed E-state index contributed by atoms with van der Waals surface area (Å²) in [6, 6.07) is 0. The van der Waals surface area contributed by atoms with E-state index in [9.17, 15) is 0 Å². The van der Waals surface area contributed by atoms with Gasteiger partial charge in [-0.2, -0.15) is 0 Å². The van der Waals surface area contributed by atoms with Crippen LogP contribution in [0.3, 0.4) is 0 Å². The number of hydrogen-bond acceptors (Lipinski definition) is 4. The molecule has 0 saturated carbocycles.